The first kappa shape index (κ1) is 15.7. The Morgan fingerprint density at radius 3 is 2.46 bits per heavy atom. The van der Waals surface area contributed by atoms with Crippen molar-refractivity contribution in [3.8, 4) is 5.75 Å². The Bertz CT molecular complexity index is 790. The predicted molar refractivity (Wildman–Crippen MR) is 92.0 cm³/mol. The topological polar surface area (TPSA) is 55.3 Å². The molecule has 3 rings (SSSR count). The minimum absolute atomic E-state index is 0.185. The maximum atomic E-state index is 12.3. The lowest BCUT2D eigenvalue weighted by Gasteiger charge is -2.17. The van der Waals surface area contributed by atoms with E-state index in [0.29, 0.717) is 12.3 Å². The third-order valence-electron chi connectivity index (χ3n) is 3.58. The highest BCUT2D eigenvalue weighted by molar-refractivity contribution is 6.04. The van der Waals surface area contributed by atoms with Crippen LogP contribution in [0, 0.1) is 0 Å². The molecule has 3 aromatic rings. The van der Waals surface area contributed by atoms with Crippen molar-refractivity contribution in [2.45, 2.75) is 6.61 Å². The van der Waals surface area contributed by atoms with Crippen molar-refractivity contribution in [1.29, 1.82) is 0 Å². The van der Waals surface area contributed by atoms with Gasteiger partial charge in [0.1, 0.15) is 24.4 Å². The van der Waals surface area contributed by atoms with Crippen LogP contribution in [0.25, 0.3) is 0 Å². The number of hydrogen-bond acceptors (Lipinski definition) is 4. The molecule has 1 heterocycles. The lowest BCUT2D eigenvalue weighted by molar-refractivity contribution is 0.0988. The molecule has 0 aliphatic rings. The summed E-state index contributed by atoms with van der Waals surface area (Å²) in [4.78, 5) is 21.7. The summed E-state index contributed by atoms with van der Waals surface area (Å²) in [5.74, 6) is 0.570. The summed E-state index contributed by atoms with van der Waals surface area (Å²) in [5, 5.41) is 0. The lowest BCUT2D eigenvalue weighted by Crippen LogP contribution is -2.26. The summed E-state index contributed by atoms with van der Waals surface area (Å²) in [6.45, 7) is 0.510. The Hall–Kier alpha value is -3.21. The molecule has 2 aromatic carbocycles. The van der Waals surface area contributed by atoms with E-state index in [2.05, 4.69) is 9.97 Å². The monoisotopic (exact) mass is 319 g/mol. The third kappa shape index (κ3) is 3.76. The van der Waals surface area contributed by atoms with Crippen LogP contribution in [-0.4, -0.2) is 22.9 Å². The maximum Gasteiger partial charge on any atom is 0.276 e. The SMILES string of the molecule is CN(C(=O)c1ccncn1)c1ccc(OCc2ccccc2)cc1. The van der Waals surface area contributed by atoms with Crippen molar-refractivity contribution in [3.05, 3.63) is 84.4 Å². The molecule has 24 heavy (non-hydrogen) atoms. The summed E-state index contributed by atoms with van der Waals surface area (Å²) in [6.07, 6.45) is 2.91. The van der Waals surface area contributed by atoms with Crippen molar-refractivity contribution >= 4 is 11.6 Å². The normalized spacial score (nSPS) is 10.2. The van der Waals surface area contributed by atoms with Crippen LogP contribution in [0.4, 0.5) is 5.69 Å². The van der Waals surface area contributed by atoms with E-state index in [1.807, 2.05) is 54.6 Å². The molecular formula is C19H17N3O2. The number of rotatable bonds is 5. The van der Waals surface area contributed by atoms with Gasteiger partial charge in [-0.3, -0.25) is 4.79 Å². The Balaban J connectivity index is 1.64. The van der Waals surface area contributed by atoms with Crippen molar-refractivity contribution < 1.29 is 9.53 Å². The molecular weight excluding hydrogens is 302 g/mol. The van der Waals surface area contributed by atoms with Crippen molar-refractivity contribution in [2.24, 2.45) is 0 Å². The highest BCUT2D eigenvalue weighted by Crippen LogP contribution is 2.20. The van der Waals surface area contributed by atoms with Gasteiger partial charge in [0.05, 0.1) is 0 Å². The molecule has 0 saturated carbocycles. The van der Waals surface area contributed by atoms with E-state index < -0.39 is 0 Å². The van der Waals surface area contributed by atoms with E-state index in [9.17, 15) is 4.79 Å². The molecule has 0 spiro atoms. The second-order valence-corrected chi connectivity index (χ2v) is 5.23. The summed E-state index contributed by atoms with van der Waals surface area (Å²) >= 11 is 0. The molecule has 0 radical (unpaired) electrons. The van der Waals surface area contributed by atoms with Gasteiger partial charge in [0.25, 0.3) is 5.91 Å². The molecule has 0 bridgehead atoms. The minimum Gasteiger partial charge on any atom is -0.489 e. The van der Waals surface area contributed by atoms with Gasteiger partial charge in [-0.05, 0) is 35.9 Å². The zero-order chi connectivity index (χ0) is 16.8. The molecule has 0 aliphatic heterocycles. The Morgan fingerprint density at radius 2 is 1.79 bits per heavy atom. The number of hydrogen-bond donors (Lipinski definition) is 0. The minimum atomic E-state index is -0.185. The summed E-state index contributed by atoms with van der Waals surface area (Å²) in [7, 11) is 1.71. The van der Waals surface area contributed by atoms with Crippen molar-refractivity contribution in [3.63, 3.8) is 0 Å². The Kier molecular flexibility index (Phi) is 4.81. The molecule has 1 aromatic heterocycles. The number of carbonyl (C=O) groups excluding carboxylic acids is 1. The number of carbonyl (C=O) groups is 1. The first-order valence-electron chi connectivity index (χ1n) is 7.55. The number of amides is 1. The quantitative estimate of drug-likeness (QED) is 0.724. The second kappa shape index (κ2) is 7.37. The highest BCUT2D eigenvalue weighted by Gasteiger charge is 2.14. The number of benzene rings is 2. The van der Waals surface area contributed by atoms with Crippen molar-refractivity contribution in [1.82, 2.24) is 9.97 Å². The van der Waals surface area contributed by atoms with Crippen LogP contribution in [-0.2, 0) is 6.61 Å². The maximum absolute atomic E-state index is 12.3. The summed E-state index contributed by atoms with van der Waals surface area (Å²) in [6, 6.07) is 19.0. The molecule has 0 saturated heterocycles. The number of aromatic nitrogens is 2. The fourth-order valence-corrected chi connectivity index (χ4v) is 2.21. The molecule has 0 fully saturated rings. The summed E-state index contributed by atoms with van der Waals surface area (Å²) < 4.78 is 5.75. The van der Waals surface area contributed by atoms with Gasteiger partial charge in [-0.1, -0.05) is 30.3 Å². The zero-order valence-electron chi connectivity index (χ0n) is 13.3. The van der Waals surface area contributed by atoms with Crippen LogP contribution in [0.3, 0.4) is 0 Å². The smallest absolute Gasteiger partial charge is 0.276 e. The molecule has 0 N–H and O–H groups in total. The van der Waals surface area contributed by atoms with Gasteiger partial charge in [0.2, 0.25) is 0 Å². The number of anilines is 1. The van der Waals surface area contributed by atoms with E-state index >= 15 is 0 Å². The van der Waals surface area contributed by atoms with Crippen LogP contribution in [0.1, 0.15) is 16.1 Å². The number of nitrogens with zero attached hydrogens (tertiary/aromatic N) is 3. The molecule has 0 aliphatic carbocycles. The van der Waals surface area contributed by atoms with Gasteiger partial charge in [0.15, 0.2) is 0 Å². The van der Waals surface area contributed by atoms with E-state index in [-0.39, 0.29) is 5.91 Å². The van der Waals surface area contributed by atoms with Crippen LogP contribution in [0.15, 0.2) is 73.2 Å². The van der Waals surface area contributed by atoms with Crippen LogP contribution in [0.5, 0.6) is 5.75 Å². The van der Waals surface area contributed by atoms with Gasteiger partial charge >= 0.3 is 0 Å². The van der Waals surface area contributed by atoms with E-state index in [4.69, 9.17) is 4.74 Å². The van der Waals surface area contributed by atoms with Gasteiger partial charge in [-0.2, -0.15) is 0 Å². The fraction of sp³-hybridized carbons (Fsp3) is 0.105. The van der Waals surface area contributed by atoms with Gasteiger partial charge in [-0.15, -0.1) is 0 Å². The van der Waals surface area contributed by atoms with Crippen LogP contribution in [0.2, 0.25) is 0 Å². The van der Waals surface area contributed by atoms with Crippen molar-refractivity contribution in [2.75, 3.05) is 11.9 Å². The molecule has 5 nitrogen and oxygen atoms in total. The largest absolute Gasteiger partial charge is 0.489 e. The average molecular weight is 319 g/mol. The van der Waals surface area contributed by atoms with Gasteiger partial charge < -0.3 is 9.64 Å². The Morgan fingerprint density at radius 1 is 1.04 bits per heavy atom. The first-order valence-corrected chi connectivity index (χ1v) is 7.55. The standard InChI is InChI=1S/C19H17N3O2/c1-22(19(23)18-11-12-20-14-21-18)16-7-9-17(10-8-16)24-13-15-5-3-2-4-6-15/h2-12,14H,13H2,1H3. The lowest BCUT2D eigenvalue weighted by atomic mass is 10.2. The zero-order valence-corrected chi connectivity index (χ0v) is 13.3. The third-order valence-corrected chi connectivity index (χ3v) is 3.58. The van der Waals surface area contributed by atoms with Gasteiger partial charge in [0, 0.05) is 18.9 Å². The number of ether oxygens (including phenoxy) is 1. The second-order valence-electron chi connectivity index (χ2n) is 5.23. The molecule has 1 amide bonds. The Labute approximate surface area is 140 Å². The molecule has 0 unspecified atom stereocenters. The van der Waals surface area contributed by atoms with E-state index in [1.54, 1.807) is 24.2 Å². The average Bonchev–Trinajstić information content (AvgIpc) is 2.67. The van der Waals surface area contributed by atoms with E-state index in [1.165, 1.54) is 6.33 Å². The molecule has 0 atom stereocenters. The molecule has 120 valence electrons. The highest BCUT2D eigenvalue weighted by atomic mass is 16.5. The van der Waals surface area contributed by atoms with Crippen LogP contribution < -0.4 is 9.64 Å². The fourth-order valence-electron chi connectivity index (χ4n) is 2.21. The van der Waals surface area contributed by atoms with Crippen LogP contribution >= 0.6 is 0 Å². The first-order chi connectivity index (χ1) is 11.7. The molecule has 5 heteroatoms. The predicted octanol–water partition coefficient (Wildman–Crippen LogP) is 3.33. The van der Waals surface area contributed by atoms with E-state index in [0.717, 1.165) is 17.0 Å². The van der Waals surface area contributed by atoms with Gasteiger partial charge in [-0.25, -0.2) is 9.97 Å². The summed E-state index contributed by atoms with van der Waals surface area (Å²) in [5.41, 5.74) is 2.24.